The van der Waals surface area contributed by atoms with Crippen LogP contribution in [0.25, 0.3) is 33.0 Å². The third kappa shape index (κ3) is 4.96. The molecule has 0 aliphatic carbocycles. The Morgan fingerprint density at radius 1 is 1.03 bits per heavy atom. The van der Waals surface area contributed by atoms with Gasteiger partial charge in [-0.2, -0.15) is 0 Å². The van der Waals surface area contributed by atoms with Crippen LogP contribution in [-0.4, -0.2) is 47.5 Å². The minimum Gasteiger partial charge on any atom is -0.494 e. The summed E-state index contributed by atoms with van der Waals surface area (Å²) in [6.45, 7) is 12.1. The van der Waals surface area contributed by atoms with Crippen LogP contribution in [0.4, 0.5) is 4.39 Å². The molecule has 1 N–H and O–H groups in total. The number of hydrogen-bond donors (Lipinski definition) is 1. The molecular formula is C31H34FN3O4. The largest absolute Gasteiger partial charge is 0.494 e. The highest BCUT2D eigenvalue weighted by molar-refractivity contribution is 6.50. The number of imide groups is 1. The molecule has 0 bridgehead atoms. The Morgan fingerprint density at radius 2 is 1.79 bits per heavy atom. The highest BCUT2D eigenvalue weighted by atomic mass is 19.1. The van der Waals surface area contributed by atoms with Crippen molar-refractivity contribution in [2.45, 2.75) is 46.6 Å². The molecule has 1 aliphatic heterocycles. The molecule has 3 heterocycles. The van der Waals surface area contributed by atoms with Crippen molar-refractivity contribution in [1.82, 2.24) is 14.8 Å². The molecule has 2 aromatic carbocycles. The van der Waals surface area contributed by atoms with Gasteiger partial charge in [0.05, 0.1) is 29.6 Å². The van der Waals surface area contributed by atoms with Crippen LogP contribution in [0.2, 0.25) is 0 Å². The number of halogens is 1. The van der Waals surface area contributed by atoms with Crippen molar-refractivity contribution >= 4 is 44.8 Å². The Hall–Kier alpha value is -3.91. The Bertz CT molecular complexity index is 1580. The van der Waals surface area contributed by atoms with Crippen LogP contribution in [0.1, 0.15) is 57.7 Å². The van der Waals surface area contributed by atoms with Crippen LogP contribution in [0.3, 0.4) is 0 Å². The van der Waals surface area contributed by atoms with E-state index < -0.39 is 17.6 Å². The molecule has 0 saturated carbocycles. The second kappa shape index (κ2) is 11.1. The van der Waals surface area contributed by atoms with Gasteiger partial charge in [-0.05, 0) is 82.7 Å². The van der Waals surface area contributed by atoms with Gasteiger partial charge < -0.3 is 18.6 Å². The minimum atomic E-state index is -0.649. The van der Waals surface area contributed by atoms with E-state index in [1.807, 2.05) is 42.8 Å². The Balaban J connectivity index is 1.57. The molecule has 4 aromatic rings. The number of unbranched alkanes of at least 4 members (excludes halogenated alkanes) is 1. The number of ether oxygens (including phenoxy) is 1. The first-order valence-electron chi connectivity index (χ1n) is 13.6. The van der Waals surface area contributed by atoms with Gasteiger partial charge in [-0.15, -0.1) is 0 Å². The molecule has 0 unspecified atom stereocenters. The van der Waals surface area contributed by atoms with E-state index in [4.69, 9.17) is 9.15 Å². The normalized spacial score (nSPS) is 14.0. The second-order valence-corrected chi connectivity index (χ2v) is 10.1. The monoisotopic (exact) mass is 531 g/mol. The molecule has 2 amide bonds. The first kappa shape index (κ1) is 26.7. The zero-order chi connectivity index (χ0) is 27.7. The number of carbonyl (C=O) groups is 2. The first-order chi connectivity index (χ1) is 18.8. The summed E-state index contributed by atoms with van der Waals surface area (Å²) >= 11 is 0. The average molecular weight is 532 g/mol. The molecule has 0 spiro atoms. The van der Waals surface area contributed by atoms with Gasteiger partial charge in [-0.1, -0.05) is 13.8 Å². The van der Waals surface area contributed by atoms with Crippen molar-refractivity contribution in [2.75, 3.05) is 26.2 Å². The summed E-state index contributed by atoms with van der Waals surface area (Å²) in [5.41, 5.74) is 1.76. The van der Waals surface area contributed by atoms with E-state index in [2.05, 4.69) is 24.1 Å². The fourth-order valence-electron chi connectivity index (χ4n) is 5.31. The first-order valence-corrected chi connectivity index (χ1v) is 13.6. The van der Waals surface area contributed by atoms with Crippen LogP contribution in [0.15, 0.2) is 53.3 Å². The lowest BCUT2D eigenvalue weighted by atomic mass is 9.94. The molecule has 39 heavy (non-hydrogen) atoms. The van der Waals surface area contributed by atoms with E-state index >= 15 is 4.39 Å². The number of rotatable bonds is 11. The lowest BCUT2D eigenvalue weighted by Gasteiger charge is -2.17. The number of nitrogens with zero attached hydrogens (tertiary/aromatic N) is 2. The molecule has 2 aromatic heterocycles. The molecule has 0 radical (unpaired) electrons. The number of amides is 2. The van der Waals surface area contributed by atoms with Gasteiger partial charge in [0.25, 0.3) is 11.8 Å². The van der Waals surface area contributed by atoms with Crippen LogP contribution in [0, 0.1) is 5.82 Å². The van der Waals surface area contributed by atoms with Crippen molar-refractivity contribution in [3.05, 3.63) is 65.8 Å². The maximum absolute atomic E-state index is 15.2. The fourth-order valence-corrected chi connectivity index (χ4v) is 5.31. The maximum Gasteiger partial charge on any atom is 0.259 e. The van der Waals surface area contributed by atoms with E-state index in [9.17, 15) is 9.59 Å². The van der Waals surface area contributed by atoms with Gasteiger partial charge in [-0.3, -0.25) is 14.9 Å². The molecule has 0 atom stereocenters. The summed E-state index contributed by atoms with van der Waals surface area (Å²) in [6, 6.07) is 10.4. The van der Waals surface area contributed by atoms with Gasteiger partial charge >= 0.3 is 0 Å². The van der Waals surface area contributed by atoms with Crippen LogP contribution < -0.4 is 10.1 Å². The maximum atomic E-state index is 15.2. The topological polar surface area (TPSA) is 76.7 Å². The molecule has 0 saturated heterocycles. The summed E-state index contributed by atoms with van der Waals surface area (Å²) in [7, 11) is 0. The van der Waals surface area contributed by atoms with Crippen molar-refractivity contribution in [3.63, 3.8) is 0 Å². The van der Waals surface area contributed by atoms with Crippen molar-refractivity contribution in [2.24, 2.45) is 0 Å². The zero-order valence-corrected chi connectivity index (χ0v) is 22.8. The standard InChI is InChI=1S/C31H34FN3O4/c1-5-34(6-2)14-7-8-15-38-21-10-12-25-22(17-21)23(18-35(25)19(3)4)26-28(31(37)33-30(26)36)27-24(32)11-9-20-13-16-39-29(20)27/h9-13,16-19H,5-8,14-15H2,1-4H3,(H,33,36,37). The van der Waals surface area contributed by atoms with Crippen molar-refractivity contribution in [3.8, 4) is 5.75 Å². The number of carbonyl (C=O) groups excluding carboxylic acids is 2. The lowest BCUT2D eigenvalue weighted by molar-refractivity contribution is -0.122. The quantitative estimate of drug-likeness (QED) is 0.185. The predicted molar refractivity (Wildman–Crippen MR) is 151 cm³/mol. The molecule has 7 nitrogen and oxygen atoms in total. The summed E-state index contributed by atoms with van der Waals surface area (Å²) in [4.78, 5) is 28.7. The number of fused-ring (bicyclic) bond motifs is 2. The smallest absolute Gasteiger partial charge is 0.259 e. The van der Waals surface area contributed by atoms with Crippen LogP contribution in [-0.2, 0) is 9.59 Å². The predicted octanol–water partition coefficient (Wildman–Crippen LogP) is 6.18. The highest BCUT2D eigenvalue weighted by Gasteiger charge is 2.37. The Morgan fingerprint density at radius 3 is 2.54 bits per heavy atom. The molecule has 5 rings (SSSR count). The Labute approximate surface area is 227 Å². The molecule has 0 fully saturated rings. The molecular weight excluding hydrogens is 497 g/mol. The number of aromatic nitrogens is 1. The third-order valence-corrected chi connectivity index (χ3v) is 7.41. The van der Waals surface area contributed by atoms with E-state index in [1.54, 1.807) is 12.1 Å². The number of hydrogen-bond acceptors (Lipinski definition) is 5. The fraction of sp³-hybridized carbons (Fsp3) is 0.355. The second-order valence-electron chi connectivity index (χ2n) is 10.1. The van der Waals surface area contributed by atoms with Crippen molar-refractivity contribution < 1.29 is 23.1 Å². The van der Waals surface area contributed by atoms with E-state index in [-0.39, 0.29) is 28.3 Å². The third-order valence-electron chi connectivity index (χ3n) is 7.41. The SMILES string of the molecule is CCN(CC)CCCCOc1ccc2c(c1)c(C1=C(c3c(F)ccc4ccoc34)C(=O)NC1=O)cn2C(C)C. The summed E-state index contributed by atoms with van der Waals surface area (Å²) in [5.74, 6) is -1.16. The average Bonchev–Trinajstić information content (AvgIpc) is 3.61. The highest BCUT2D eigenvalue weighted by Crippen LogP contribution is 2.41. The van der Waals surface area contributed by atoms with Crippen LogP contribution >= 0.6 is 0 Å². The molecule has 204 valence electrons. The van der Waals surface area contributed by atoms with Gasteiger partial charge in [0.2, 0.25) is 0 Å². The van der Waals surface area contributed by atoms with E-state index in [1.165, 1.54) is 12.3 Å². The van der Waals surface area contributed by atoms with Crippen molar-refractivity contribution in [1.29, 1.82) is 0 Å². The minimum absolute atomic E-state index is 0.0121. The zero-order valence-electron chi connectivity index (χ0n) is 22.8. The number of furan rings is 1. The summed E-state index contributed by atoms with van der Waals surface area (Å²) in [5, 5.41) is 3.78. The van der Waals surface area contributed by atoms with Crippen LogP contribution in [0.5, 0.6) is 5.75 Å². The number of nitrogens with one attached hydrogen (secondary N) is 1. The number of benzene rings is 2. The van der Waals surface area contributed by atoms with Gasteiger partial charge in [0.1, 0.15) is 17.1 Å². The summed E-state index contributed by atoms with van der Waals surface area (Å²) < 4.78 is 28.9. The van der Waals surface area contributed by atoms with Gasteiger partial charge in [-0.25, -0.2) is 4.39 Å². The molecule has 1 aliphatic rings. The Kier molecular flexibility index (Phi) is 7.57. The van der Waals surface area contributed by atoms with E-state index in [0.29, 0.717) is 23.3 Å². The lowest BCUT2D eigenvalue weighted by Crippen LogP contribution is -2.24. The van der Waals surface area contributed by atoms with E-state index in [0.717, 1.165) is 43.4 Å². The molecule has 8 heteroatoms. The van der Waals surface area contributed by atoms with Gasteiger partial charge in [0, 0.05) is 34.1 Å². The van der Waals surface area contributed by atoms with Gasteiger partial charge in [0.15, 0.2) is 0 Å². The summed E-state index contributed by atoms with van der Waals surface area (Å²) in [6.07, 6.45) is 5.27.